The number of benzene rings is 2. The smallest absolute Gasteiger partial charge is 0.224 e. The number of nitrogens with one attached hydrogen (secondary N) is 1. The van der Waals surface area contributed by atoms with Crippen molar-refractivity contribution in [1.29, 1.82) is 0 Å². The number of aryl methyl sites for hydroxylation is 2. The van der Waals surface area contributed by atoms with E-state index in [4.69, 9.17) is 0 Å². The molecule has 1 amide bonds. The molecular formula is C25H26N2O. The fraction of sp³-hybridized carbons (Fsp3) is 0.280. The van der Waals surface area contributed by atoms with Gasteiger partial charge in [-0.25, -0.2) is 0 Å². The molecule has 2 heterocycles. The SMILES string of the molecule is O=C1CCc2cc(C(CCCc3ccccc3)Cc3cccnc3)ccc2N1. The Balaban J connectivity index is 1.51. The van der Waals surface area contributed by atoms with Crippen molar-refractivity contribution >= 4 is 11.6 Å². The predicted octanol–water partition coefficient (Wildman–Crippen LogP) is 5.32. The number of pyridine rings is 1. The maximum Gasteiger partial charge on any atom is 0.224 e. The summed E-state index contributed by atoms with van der Waals surface area (Å²) in [5.41, 5.74) is 6.28. The lowest BCUT2D eigenvalue weighted by Gasteiger charge is -2.22. The van der Waals surface area contributed by atoms with Gasteiger partial charge in [0.1, 0.15) is 0 Å². The lowest BCUT2D eigenvalue weighted by atomic mass is 9.86. The van der Waals surface area contributed by atoms with E-state index < -0.39 is 0 Å². The van der Waals surface area contributed by atoms with Gasteiger partial charge in [-0.15, -0.1) is 0 Å². The van der Waals surface area contributed by atoms with Crippen molar-refractivity contribution in [3.05, 3.63) is 95.3 Å². The van der Waals surface area contributed by atoms with Gasteiger partial charge in [-0.1, -0.05) is 48.5 Å². The van der Waals surface area contributed by atoms with Crippen molar-refractivity contribution in [3.63, 3.8) is 0 Å². The van der Waals surface area contributed by atoms with E-state index in [1.807, 2.05) is 18.5 Å². The summed E-state index contributed by atoms with van der Waals surface area (Å²) in [6.45, 7) is 0. The fourth-order valence-corrected chi connectivity index (χ4v) is 4.04. The first-order valence-corrected chi connectivity index (χ1v) is 10.1. The maximum absolute atomic E-state index is 11.6. The van der Waals surface area contributed by atoms with Crippen molar-refractivity contribution in [1.82, 2.24) is 4.98 Å². The highest BCUT2D eigenvalue weighted by atomic mass is 16.1. The highest BCUT2D eigenvalue weighted by molar-refractivity contribution is 5.93. The lowest BCUT2D eigenvalue weighted by molar-refractivity contribution is -0.116. The fourth-order valence-electron chi connectivity index (χ4n) is 4.04. The van der Waals surface area contributed by atoms with Gasteiger partial charge in [0.2, 0.25) is 5.91 Å². The number of rotatable bonds is 7. The number of carbonyl (C=O) groups is 1. The molecule has 1 atom stereocenters. The van der Waals surface area contributed by atoms with Crippen LogP contribution < -0.4 is 5.32 Å². The van der Waals surface area contributed by atoms with E-state index in [1.165, 1.54) is 22.3 Å². The van der Waals surface area contributed by atoms with Crippen molar-refractivity contribution < 1.29 is 4.79 Å². The largest absolute Gasteiger partial charge is 0.326 e. The van der Waals surface area contributed by atoms with Crippen LogP contribution in [-0.2, 0) is 24.1 Å². The van der Waals surface area contributed by atoms with E-state index in [0.29, 0.717) is 12.3 Å². The number of carbonyl (C=O) groups excluding carboxylic acids is 1. The molecule has 1 aliphatic rings. The summed E-state index contributed by atoms with van der Waals surface area (Å²) in [4.78, 5) is 15.9. The van der Waals surface area contributed by atoms with Crippen LogP contribution in [0.5, 0.6) is 0 Å². The number of fused-ring (bicyclic) bond motifs is 1. The van der Waals surface area contributed by atoms with Crippen LogP contribution >= 0.6 is 0 Å². The van der Waals surface area contributed by atoms with Crippen LogP contribution in [0.2, 0.25) is 0 Å². The molecule has 2 aromatic carbocycles. The van der Waals surface area contributed by atoms with Crippen LogP contribution in [0.15, 0.2) is 73.1 Å². The van der Waals surface area contributed by atoms with Gasteiger partial charge in [-0.2, -0.15) is 0 Å². The normalized spacial score (nSPS) is 14.2. The summed E-state index contributed by atoms with van der Waals surface area (Å²) >= 11 is 0. The van der Waals surface area contributed by atoms with E-state index in [0.717, 1.165) is 37.8 Å². The van der Waals surface area contributed by atoms with Crippen molar-refractivity contribution in [2.24, 2.45) is 0 Å². The van der Waals surface area contributed by atoms with E-state index in [2.05, 4.69) is 64.9 Å². The summed E-state index contributed by atoms with van der Waals surface area (Å²) in [7, 11) is 0. The Hall–Kier alpha value is -2.94. The molecule has 0 bridgehead atoms. The topological polar surface area (TPSA) is 42.0 Å². The number of hydrogen-bond donors (Lipinski definition) is 1. The first kappa shape index (κ1) is 18.4. The van der Waals surface area contributed by atoms with E-state index in [-0.39, 0.29) is 5.91 Å². The molecule has 1 aromatic heterocycles. The molecule has 0 saturated heterocycles. The van der Waals surface area contributed by atoms with Crippen molar-refractivity contribution in [2.45, 2.75) is 44.4 Å². The summed E-state index contributed by atoms with van der Waals surface area (Å²) in [5, 5.41) is 2.99. The highest BCUT2D eigenvalue weighted by Gasteiger charge is 2.18. The molecule has 0 aliphatic carbocycles. The van der Waals surface area contributed by atoms with Crippen molar-refractivity contribution in [3.8, 4) is 0 Å². The molecule has 0 radical (unpaired) electrons. The summed E-state index contributed by atoms with van der Waals surface area (Å²) in [6, 6.07) is 21.5. The standard InChI is InChI=1S/C25H26N2O/c28-25-14-12-23-17-22(11-13-24(23)27-25)21(16-20-9-5-15-26-18-20)10-4-8-19-6-2-1-3-7-19/h1-3,5-7,9,11,13,15,17-18,21H,4,8,10,12,14,16H2,(H,27,28). The molecule has 0 saturated carbocycles. The Bertz CT molecular complexity index is 922. The minimum absolute atomic E-state index is 0.120. The third-order valence-corrected chi connectivity index (χ3v) is 5.56. The van der Waals surface area contributed by atoms with Gasteiger partial charge in [-0.3, -0.25) is 9.78 Å². The Kier molecular flexibility index (Phi) is 5.81. The summed E-state index contributed by atoms with van der Waals surface area (Å²) in [5.74, 6) is 0.575. The number of nitrogens with zero attached hydrogens (tertiary/aromatic N) is 1. The van der Waals surface area contributed by atoms with Gasteiger partial charge in [0.05, 0.1) is 0 Å². The van der Waals surface area contributed by atoms with E-state index >= 15 is 0 Å². The first-order valence-electron chi connectivity index (χ1n) is 10.1. The number of anilines is 1. The third-order valence-electron chi connectivity index (χ3n) is 5.56. The molecule has 1 unspecified atom stereocenters. The molecule has 1 N–H and O–H groups in total. The van der Waals surface area contributed by atoms with Crippen molar-refractivity contribution in [2.75, 3.05) is 5.32 Å². The van der Waals surface area contributed by atoms with Crippen LogP contribution in [0.25, 0.3) is 0 Å². The Morgan fingerprint density at radius 2 is 1.82 bits per heavy atom. The second-order valence-corrected chi connectivity index (χ2v) is 7.60. The Morgan fingerprint density at radius 3 is 2.64 bits per heavy atom. The average molecular weight is 370 g/mol. The lowest BCUT2D eigenvalue weighted by Crippen LogP contribution is -2.19. The van der Waals surface area contributed by atoms with E-state index in [1.54, 1.807) is 0 Å². The van der Waals surface area contributed by atoms with Crippen LogP contribution in [0, 0.1) is 0 Å². The van der Waals surface area contributed by atoms with Gasteiger partial charge in [0, 0.05) is 24.5 Å². The van der Waals surface area contributed by atoms with Crippen LogP contribution in [0.4, 0.5) is 5.69 Å². The quantitative estimate of drug-likeness (QED) is 0.612. The highest BCUT2D eigenvalue weighted by Crippen LogP contribution is 2.31. The monoisotopic (exact) mass is 370 g/mol. The van der Waals surface area contributed by atoms with Crippen LogP contribution in [0.1, 0.15) is 47.4 Å². The molecular weight excluding hydrogens is 344 g/mol. The molecule has 3 heteroatoms. The molecule has 1 aliphatic heterocycles. The van der Waals surface area contributed by atoms with Gasteiger partial charge >= 0.3 is 0 Å². The van der Waals surface area contributed by atoms with Gasteiger partial charge in [-0.05, 0) is 72.4 Å². The molecule has 4 rings (SSSR count). The van der Waals surface area contributed by atoms with Crippen LogP contribution in [-0.4, -0.2) is 10.9 Å². The molecule has 28 heavy (non-hydrogen) atoms. The molecule has 0 spiro atoms. The molecule has 3 nitrogen and oxygen atoms in total. The number of amides is 1. The average Bonchev–Trinajstić information content (AvgIpc) is 2.74. The third kappa shape index (κ3) is 4.66. The minimum atomic E-state index is 0.120. The predicted molar refractivity (Wildman–Crippen MR) is 113 cm³/mol. The van der Waals surface area contributed by atoms with Crippen LogP contribution in [0.3, 0.4) is 0 Å². The van der Waals surface area contributed by atoms with E-state index in [9.17, 15) is 4.79 Å². The molecule has 142 valence electrons. The zero-order chi connectivity index (χ0) is 19.2. The van der Waals surface area contributed by atoms with Gasteiger partial charge < -0.3 is 5.32 Å². The second kappa shape index (κ2) is 8.83. The maximum atomic E-state index is 11.6. The summed E-state index contributed by atoms with van der Waals surface area (Å²) in [6.07, 6.45) is 9.60. The summed E-state index contributed by atoms with van der Waals surface area (Å²) < 4.78 is 0. The second-order valence-electron chi connectivity index (χ2n) is 7.60. The Morgan fingerprint density at radius 1 is 0.964 bits per heavy atom. The number of hydrogen-bond acceptors (Lipinski definition) is 2. The first-order chi connectivity index (χ1) is 13.8. The zero-order valence-corrected chi connectivity index (χ0v) is 16.1. The number of aromatic nitrogens is 1. The minimum Gasteiger partial charge on any atom is -0.326 e. The molecule has 0 fully saturated rings. The molecule has 3 aromatic rings. The van der Waals surface area contributed by atoms with Gasteiger partial charge in [0.15, 0.2) is 0 Å². The van der Waals surface area contributed by atoms with Gasteiger partial charge in [0.25, 0.3) is 0 Å². The Labute approximate surface area is 166 Å². The zero-order valence-electron chi connectivity index (χ0n) is 16.1.